The maximum absolute atomic E-state index is 10.8. The van der Waals surface area contributed by atoms with E-state index in [0.717, 1.165) is 16.0 Å². The Balaban J connectivity index is 0.000000217. The van der Waals surface area contributed by atoms with Gasteiger partial charge < -0.3 is 31.3 Å². The molecule has 0 atom stereocenters. The van der Waals surface area contributed by atoms with E-state index in [1.54, 1.807) is 72.1 Å². The maximum Gasteiger partial charge on any atom is 0.336 e. The van der Waals surface area contributed by atoms with Gasteiger partial charge in [0, 0.05) is 17.1 Å². The Morgan fingerprint density at radius 1 is 0.825 bits per heavy atom. The summed E-state index contributed by atoms with van der Waals surface area (Å²) in [5.74, 6) is -3.89. The van der Waals surface area contributed by atoms with E-state index >= 15 is 0 Å². The van der Waals surface area contributed by atoms with Gasteiger partial charge in [-0.1, -0.05) is 18.2 Å². The van der Waals surface area contributed by atoms with E-state index in [2.05, 4.69) is 4.99 Å². The number of phenols is 1. The number of hydrogen-bond acceptors (Lipinski definition) is 8. The van der Waals surface area contributed by atoms with Crippen LogP contribution in [-0.2, 0) is 9.59 Å². The van der Waals surface area contributed by atoms with Gasteiger partial charge >= 0.3 is 23.9 Å². The highest BCUT2D eigenvalue weighted by molar-refractivity contribution is 7.11. The first-order valence-corrected chi connectivity index (χ1v) is 12.4. The van der Waals surface area contributed by atoms with E-state index in [4.69, 9.17) is 26.2 Å². The molecule has 12 heteroatoms. The molecule has 3 aromatic carbocycles. The highest BCUT2D eigenvalue weighted by Crippen LogP contribution is 2.23. The van der Waals surface area contributed by atoms with E-state index in [1.165, 1.54) is 6.07 Å². The molecule has 7 N–H and O–H groups in total. The number of aromatic hydroxyl groups is 1. The number of benzene rings is 3. The minimum atomic E-state index is -1.08. The van der Waals surface area contributed by atoms with Crippen LogP contribution in [0.1, 0.15) is 38.4 Å². The second kappa shape index (κ2) is 15.4. The molecule has 4 rings (SSSR count). The quantitative estimate of drug-likeness (QED) is 0.162. The normalized spacial score (nSPS) is 10.3. The molecule has 0 fully saturated rings. The summed E-state index contributed by atoms with van der Waals surface area (Å²) >= 11 is 1.61. The number of nitrogens with two attached hydrogens (primary N) is 1. The number of rotatable bonds is 8. The van der Waals surface area contributed by atoms with Crippen molar-refractivity contribution < 1.29 is 44.7 Å². The summed E-state index contributed by atoms with van der Waals surface area (Å²) in [5.41, 5.74) is 6.39. The van der Waals surface area contributed by atoms with E-state index in [0.29, 0.717) is 5.39 Å². The third-order valence-electron chi connectivity index (χ3n) is 4.97. The van der Waals surface area contributed by atoms with Crippen LogP contribution in [0, 0.1) is 0 Å². The predicted molar refractivity (Wildman–Crippen MR) is 150 cm³/mol. The molecule has 0 saturated carbocycles. The van der Waals surface area contributed by atoms with Crippen LogP contribution in [0.15, 0.2) is 83.2 Å². The van der Waals surface area contributed by atoms with Gasteiger partial charge in [0.2, 0.25) is 0 Å². The number of carboxylic acids is 4. The number of aliphatic imine (C=N–C) groups is 1. The van der Waals surface area contributed by atoms with Crippen molar-refractivity contribution in [2.24, 2.45) is 10.7 Å². The third kappa shape index (κ3) is 10.7. The van der Waals surface area contributed by atoms with Gasteiger partial charge in [0.1, 0.15) is 5.75 Å². The van der Waals surface area contributed by atoms with Crippen LogP contribution in [0.5, 0.6) is 5.75 Å². The van der Waals surface area contributed by atoms with Crippen molar-refractivity contribution in [2.75, 3.05) is 0 Å². The molecule has 0 bridgehead atoms. The number of phenolic OH excluding ortho intramolecular Hbond substituents is 1. The number of aliphatic carboxylic acids is 2. The summed E-state index contributed by atoms with van der Waals surface area (Å²) in [6.07, 6.45) is 1.17. The molecule has 11 nitrogen and oxygen atoms in total. The number of carboxylic acid groups (broad SMARTS) is 4. The zero-order valence-corrected chi connectivity index (χ0v) is 21.7. The van der Waals surface area contributed by atoms with Crippen molar-refractivity contribution in [3.05, 3.63) is 94.2 Å². The monoisotopic (exact) mass is 566 g/mol. The maximum atomic E-state index is 10.8. The SMILES string of the molecule is NC(CC(=O)O)CC(=O)O.O=C(O)c1ccc(N=Cc2cccs2)cc1.O=C(O)c1cccc2cc(O)ccc12. The minimum Gasteiger partial charge on any atom is -0.508 e. The molecule has 1 aromatic heterocycles. The molecule has 0 aliphatic heterocycles. The lowest BCUT2D eigenvalue weighted by molar-refractivity contribution is -0.139. The first-order chi connectivity index (χ1) is 19.0. The second-order valence-electron chi connectivity index (χ2n) is 8.10. The first-order valence-electron chi connectivity index (χ1n) is 11.5. The van der Waals surface area contributed by atoms with Crippen LogP contribution in [0.3, 0.4) is 0 Å². The van der Waals surface area contributed by atoms with Gasteiger partial charge in [-0.05, 0) is 70.7 Å². The number of aromatic carboxylic acids is 2. The first kappa shape index (κ1) is 31.1. The number of hydrogen-bond donors (Lipinski definition) is 6. The highest BCUT2D eigenvalue weighted by Gasteiger charge is 2.11. The average molecular weight is 567 g/mol. The number of thiophene rings is 1. The van der Waals surface area contributed by atoms with Crippen molar-refractivity contribution in [1.29, 1.82) is 0 Å². The number of fused-ring (bicyclic) bond motifs is 1. The van der Waals surface area contributed by atoms with Gasteiger partial charge in [-0.2, -0.15) is 0 Å². The van der Waals surface area contributed by atoms with E-state index in [-0.39, 0.29) is 29.7 Å². The van der Waals surface area contributed by atoms with E-state index in [9.17, 15) is 24.3 Å². The van der Waals surface area contributed by atoms with Crippen molar-refractivity contribution in [1.82, 2.24) is 0 Å². The Morgan fingerprint density at radius 2 is 1.48 bits per heavy atom. The topological polar surface area (TPSA) is 208 Å². The zero-order valence-electron chi connectivity index (χ0n) is 20.9. The molecule has 0 aliphatic carbocycles. The minimum absolute atomic E-state index is 0.139. The van der Waals surface area contributed by atoms with Gasteiger partial charge in [-0.25, -0.2) is 9.59 Å². The van der Waals surface area contributed by atoms with Crippen LogP contribution in [0.4, 0.5) is 5.69 Å². The molecule has 0 unspecified atom stereocenters. The van der Waals surface area contributed by atoms with Crippen molar-refractivity contribution in [3.8, 4) is 5.75 Å². The number of nitrogens with zero attached hydrogens (tertiary/aromatic N) is 1. The Labute approximate surface area is 232 Å². The average Bonchev–Trinajstić information content (AvgIpc) is 3.41. The lowest BCUT2D eigenvalue weighted by Gasteiger charge is -2.02. The Bertz CT molecular complexity index is 1470. The fourth-order valence-corrected chi connectivity index (χ4v) is 3.76. The lowest BCUT2D eigenvalue weighted by Crippen LogP contribution is -2.26. The largest absolute Gasteiger partial charge is 0.508 e. The third-order valence-corrected chi connectivity index (χ3v) is 5.77. The summed E-state index contributed by atoms with van der Waals surface area (Å²) in [6.45, 7) is 0. The van der Waals surface area contributed by atoms with Crippen molar-refractivity contribution >= 4 is 57.9 Å². The molecule has 0 aliphatic rings. The molecule has 40 heavy (non-hydrogen) atoms. The molecule has 0 amide bonds. The highest BCUT2D eigenvalue weighted by atomic mass is 32.1. The van der Waals surface area contributed by atoms with Crippen LogP contribution >= 0.6 is 11.3 Å². The van der Waals surface area contributed by atoms with E-state index < -0.39 is 29.9 Å². The van der Waals surface area contributed by atoms with E-state index in [1.807, 2.05) is 17.5 Å². The van der Waals surface area contributed by atoms with Crippen molar-refractivity contribution in [3.63, 3.8) is 0 Å². The fraction of sp³-hybridized carbons (Fsp3) is 0.107. The van der Waals surface area contributed by atoms with Gasteiger partial charge in [-0.15, -0.1) is 11.3 Å². The molecule has 4 aromatic rings. The Morgan fingerprint density at radius 3 is 2.00 bits per heavy atom. The van der Waals surface area contributed by atoms with Crippen LogP contribution in [0.2, 0.25) is 0 Å². The lowest BCUT2D eigenvalue weighted by atomic mass is 10.0. The van der Waals surface area contributed by atoms with Crippen molar-refractivity contribution in [2.45, 2.75) is 18.9 Å². The van der Waals surface area contributed by atoms with Gasteiger partial charge in [0.25, 0.3) is 0 Å². The summed E-state index contributed by atoms with van der Waals surface area (Å²) in [6, 6.07) is 19.2. The summed E-state index contributed by atoms with van der Waals surface area (Å²) in [5, 5.41) is 46.4. The molecule has 0 saturated heterocycles. The van der Waals surface area contributed by atoms with Crippen LogP contribution < -0.4 is 5.73 Å². The van der Waals surface area contributed by atoms with Crippen LogP contribution in [-0.4, -0.2) is 61.7 Å². The summed E-state index contributed by atoms with van der Waals surface area (Å²) in [7, 11) is 0. The van der Waals surface area contributed by atoms with Gasteiger partial charge in [0.15, 0.2) is 0 Å². The summed E-state index contributed by atoms with van der Waals surface area (Å²) in [4.78, 5) is 46.6. The zero-order chi connectivity index (χ0) is 29.7. The smallest absolute Gasteiger partial charge is 0.336 e. The molecule has 1 heterocycles. The molecular formula is C28H26N2O9S. The predicted octanol–water partition coefficient (Wildman–Crippen LogP) is 4.70. The molecule has 0 spiro atoms. The van der Waals surface area contributed by atoms with Crippen LogP contribution in [0.25, 0.3) is 10.8 Å². The summed E-state index contributed by atoms with van der Waals surface area (Å²) < 4.78 is 0. The fourth-order valence-electron chi connectivity index (χ4n) is 3.17. The van der Waals surface area contributed by atoms with Gasteiger partial charge in [0.05, 0.1) is 29.7 Å². The Kier molecular flexibility index (Phi) is 12.0. The standard InChI is InChI=1S/C12H9NO2S.C11H8O3.C5H9NO4/c14-12(15)9-3-5-10(6-4-9)13-8-11-2-1-7-16-11;12-8-4-5-9-7(6-8)2-1-3-10(9)11(13)14;6-3(1-4(7)8)2-5(9)10/h1-8H,(H,14,15);1-6,12H,(H,13,14);3H,1-2,6H2,(H,7,8)(H,9,10). The molecular weight excluding hydrogens is 540 g/mol. The molecule has 0 radical (unpaired) electrons. The Hall–Kier alpha value is -5.07. The second-order valence-corrected chi connectivity index (χ2v) is 9.08. The number of carbonyl (C=O) groups is 4. The molecule has 208 valence electrons. The van der Waals surface area contributed by atoms with Gasteiger partial charge in [-0.3, -0.25) is 14.6 Å².